The summed E-state index contributed by atoms with van der Waals surface area (Å²) in [5, 5.41) is 10.3. The molecule has 2 rings (SSSR count). The lowest BCUT2D eigenvalue weighted by Gasteiger charge is -2.12. The average molecular weight is 240 g/mol. The first-order valence-electron chi connectivity index (χ1n) is 6.60. The van der Waals surface area contributed by atoms with E-state index < -0.39 is 6.10 Å². The molecule has 0 aliphatic rings. The fraction of sp³-hybridized carbons (Fsp3) is 0.294. The predicted molar refractivity (Wildman–Crippen MR) is 75.7 cm³/mol. The van der Waals surface area contributed by atoms with Gasteiger partial charge in [0.2, 0.25) is 0 Å². The third kappa shape index (κ3) is 2.80. The van der Waals surface area contributed by atoms with E-state index >= 15 is 0 Å². The van der Waals surface area contributed by atoms with Crippen molar-refractivity contribution in [3.8, 4) is 0 Å². The maximum atomic E-state index is 10.3. The van der Waals surface area contributed by atoms with Gasteiger partial charge in [-0.25, -0.2) is 0 Å². The average Bonchev–Trinajstić information content (AvgIpc) is 2.47. The first-order chi connectivity index (χ1) is 8.74. The maximum absolute atomic E-state index is 10.3. The Bertz CT molecular complexity index is 435. The first kappa shape index (κ1) is 12.8. The van der Waals surface area contributed by atoms with Crippen LogP contribution in [0.25, 0.3) is 0 Å². The molecule has 0 aromatic heterocycles. The van der Waals surface area contributed by atoms with Gasteiger partial charge in [0.1, 0.15) is 6.10 Å². The Kier molecular flexibility index (Phi) is 4.16. The van der Waals surface area contributed by atoms with Gasteiger partial charge in [-0.05, 0) is 35.1 Å². The van der Waals surface area contributed by atoms with E-state index in [0.717, 1.165) is 24.0 Å². The summed E-state index contributed by atoms with van der Waals surface area (Å²) in [7, 11) is 0. The Morgan fingerprint density at radius 3 is 1.33 bits per heavy atom. The maximum Gasteiger partial charge on any atom is 0.104 e. The van der Waals surface area contributed by atoms with Crippen LogP contribution in [0.5, 0.6) is 0 Å². The first-order valence-corrected chi connectivity index (χ1v) is 6.60. The lowest BCUT2D eigenvalue weighted by atomic mass is 9.98. The van der Waals surface area contributed by atoms with Gasteiger partial charge in [0, 0.05) is 0 Å². The Balaban J connectivity index is 2.20. The highest BCUT2D eigenvalue weighted by molar-refractivity contribution is 5.33. The van der Waals surface area contributed by atoms with Crippen molar-refractivity contribution in [1.29, 1.82) is 0 Å². The molecule has 1 heteroatoms. The quantitative estimate of drug-likeness (QED) is 0.859. The molecule has 0 radical (unpaired) electrons. The van der Waals surface area contributed by atoms with E-state index in [1.165, 1.54) is 11.1 Å². The molecule has 2 aromatic carbocycles. The standard InChI is InChI=1S/C17H20O/c1-3-13-5-9-15(10-6-13)17(18)16-11-7-14(4-2)8-12-16/h5-12,17-18H,3-4H2,1-2H3. The number of hydrogen-bond acceptors (Lipinski definition) is 1. The van der Waals surface area contributed by atoms with Crippen molar-refractivity contribution in [2.45, 2.75) is 32.8 Å². The fourth-order valence-corrected chi connectivity index (χ4v) is 2.06. The number of benzene rings is 2. The monoisotopic (exact) mass is 240 g/mol. The van der Waals surface area contributed by atoms with E-state index in [0.29, 0.717) is 0 Å². The number of rotatable bonds is 4. The summed E-state index contributed by atoms with van der Waals surface area (Å²) in [6.07, 6.45) is 1.53. The van der Waals surface area contributed by atoms with Gasteiger partial charge in [-0.15, -0.1) is 0 Å². The molecule has 0 amide bonds. The molecule has 0 bridgehead atoms. The van der Waals surface area contributed by atoms with Crippen LogP contribution in [0.3, 0.4) is 0 Å². The molecule has 18 heavy (non-hydrogen) atoms. The normalized spacial score (nSPS) is 10.9. The van der Waals surface area contributed by atoms with Crippen LogP contribution in [0.15, 0.2) is 48.5 Å². The Labute approximate surface area is 109 Å². The second-order valence-corrected chi connectivity index (χ2v) is 4.59. The minimum Gasteiger partial charge on any atom is -0.384 e. The zero-order chi connectivity index (χ0) is 13.0. The molecule has 0 saturated heterocycles. The summed E-state index contributed by atoms with van der Waals surface area (Å²) < 4.78 is 0. The number of hydrogen-bond donors (Lipinski definition) is 1. The zero-order valence-electron chi connectivity index (χ0n) is 11.1. The van der Waals surface area contributed by atoms with Crippen LogP contribution in [0.1, 0.15) is 42.2 Å². The topological polar surface area (TPSA) is 20.2 Å². The molecule has 0 fully saturated rings. The minimum absolute atomic E-state index is 0.526. The molecule has 0 atom stereocenters. The van der Waals surface area contributed by atoms with Crippen molar-refractivity contribution in [3.05, 3.63) is 70.8 Å². The minimum atomic E-state index is -0.526. The Morgan fingerprint density at radius 2 is 1.06 bits per heavy atom. The van der Waals surface area contributed by atoms with Crippen LogP contribution >= 0.6 is 0 Å². The molecule has 0 heterocycles. The van der Waals surface area contributed by atoms with Gasteiger partial charge in [-0.2, -0.15) is 0 Å². The fourth-order valence-electron chi connectivity index (χ4n) is 2.06. The second-order valence-electron chi connectivity index (χ2n) is 4.59. The van der Waals surface area contributed by atoms with E-state index in [1.54, 1.807) is 0 Å². The third-order valence-electron chi connectivity index (χ3n) is 3.41. The van der Waals surface area contributed by atoms with Crippen LogP contribution in [0, 0.1) is 0 Å². The summed E-state index contributed by atoms with van der Waals surface area (Å²) in [6, 6.07) is 16.4. The lowest BCUT2D eigenvalue weighted by Crippen LogP contribution is -2.00. The van der Waals surface area contributed by atoms with Gasteiger partial charge >= 0.3 is 0 Å². The molecule has 1 nitrogen and oxygen atoms in total. The molecule has 0 aliphatic heterocycles. The van der Waals surface area contributed by atoms with E-state index in [-0.39, 0.29) is 0 Å². The highest BCUT2D eigenvalue weighted by Gasteiger charge is 2.09. The molecule has 0 unspecified atom stereocenters. The summed E-state index contributed by atoms with van der Waals surface area (Å²) in [5.74, 6) is 0. The summed E-state index contributed by atoms with van der Waals surface area (Å²) in [4.78, 5) is 0. The lowest BCUT2D eigenvalue weighted by molar-refractivity contribution is 0.220. The van der Waals surface area contributed by atoms with Gasteiger partial charge < -0.3 is 5.11 Å². The molecule has 0 saturated carbocycles. The molecule has 1 N–H and O–H groups in total. The number of aryl methyl sites for hydroxylation is 2. The van der Waals surface area contributed by atoms with Crippen LogP contribution in [-0.2, 0) is 12.8 Å². The van der Waals surface area contributed by atoms with Crippen molar-refractivity contribution in [2.24, 2.45) is 0 Å². The second kappa shape index (κ2) is 5.83. The zero-order valence-corrected chi connectivity index (χ0v) is 11.1. The van der Waals surface area contributed by atoms with E-state index in [9.17, 15) is 5.11 Å². The van der Waals surface area contributed by atoms with Crippen LogP contribution < -0.4 is 0 Å². The van der Waals surface area contributed by atoms with E-state index in [1.807, 2.05) is 24.3 Å². The molecule has 0 aliphatic carbocycles. The van der Waals surface area contributed by atoms with Crippen LogP contribution in [0.4, 0.5) is 0 Å². The highest BCUT2D eigenvalue weighted by Crippen LogP contribution is 2.22. The van der Waals surface area contributed by atoms with Crippen molar-refractivity contribution in [1.82, 2.24) is 0 Å². The third-order valence-corrected chi connectivity index (χ3v) is 3.41. The highest BCUT2D eigenvalue weighted by atomic mass is 16.3. The van der Waals surface area contributed by atoms with Crippen molar-refractivity contribution in [3.63, 3.8) is 0 Å². The number of aliphatic hydroxyl groups is 1. The predicted octanol–water partition coefficient (Wildman–Crippen LogP) is 3.89. The molecule has 0 spiro atoms. The SMILES string of the molecule is CCc1ccc(C(O)c2ccc(CC)cc2)cc1. The molecular weight excluding hydrogens is 220 g/mol. The van der Waals surface area contributed by atoms with Gasteiger partial charge in [0.25, 0.3) is 0 Å². The van der Waals surface area contributed by atoms with Gasteiger partial charge in [0.05, 0.1) is 0 Å². The van der Waals surface area contributed by atoms with Crippen molar-refractivity contribution in [2.75, 3.05) is 0 Å². The molecule has 2 aromatic rings. The van der Waals surface area contributed by atoms with Crippen molar-refractivity contribution < 1.29 is 5.11 Å². The molecule has 94 valence electrons. The number of aliphatic hydroxyl groups excluding tert-OH is 1. The Hall–Kier alpha value is -1.60. The van der Waals surface area contributed by atoms with Crippen LogP contribution in [-0.4, -0.2) is 5.11 Å². The summed E-state index contributed by atoms with van der Waals surface area (Å²) >= 11 is 0. The van der Waals surface area contributed by atoms with Crippen molar-refractivity contribution >= 4 is 0 Å². The summed E-state index contributed by atoms with van der Waals surface area (Å²) in [6.45, 7) is 4.27. The van der Waals surface area contributed by atoms with E-state index in [2.05, 4.69) is 38.1 Å². The molecular formula is C17H20O. The van der Waals surface area contributed by atoms with Gasteiger partial charge in [0.15, 0.2) is 0 Å². The Morgan fingerprint density at radius 1 is 0.722 bits per heavy atom. The van der Waals surface area contributed by atoms with Crippen LogP contribution in [0.2, 0.25) is 0 Å². The van der Waals surface area contributed by atoms with Gasteiger partial charge in [-0.3, -0.25) is 0 Å². The summed E-state index contributed by atoms with van der Waals surface area (Å²) in [5.41, 5.74) is 4.51. The largest absolute Gasteiger partial charge is 0.384 e. The van der Waals surface area contributed by atoms with Gasteiger partial charge in [-0.1, -0.05) is 62.4 Å². The smallest absolute Gasteiger partial charge is 0.104 e. The van der Waals surface area contributed by atoms with E-state index in [4.69, 9.17) is 0 Å².